The van der Waals surface area contributed by atoms with Crippen molar-refractivity contribution in [2.45, 2.75) is 51.5 Å². The van der Waals surface area contributed by atoms with E-state index in [4.69, 9.17) is 9.47 Å². The third-order valence-corrected chi connectivity index (χ3v) is 8.70. The molecule has 1 unspecified atom stereocenters. The van der Waals surface area contributed by atoms with Gasteiger partial charge in [0.15, 0.2) is 0 Å². The molecule has 4 aromatic carbocycles. The molecule has 2 aliphatic rings. The number of fused-ring (bicyclic) bond motifs is 1. The van der Waals surface area contributed by atoms with Gasteiger partial charge in [0.1, 0.15) is 6.61 Å². The molecule has 0 saturated carbocycles. The van der Waals surface area contributed by atoms with Crippen LogP contribution in [0.4, 0.5) is 10.5 Å². The largest absolute Gasteiger partial charge is 0.444 e. The summed E-state index contributed by atoms with van der Waals surface area (Å²) in [6.45, 7) is 3.84. The quantitative estimate of drug-likeness (QED) is 0.220. The number of anilines is 1. The highest BCUT2D eigenvalue weighted by molar-refractivity contribution is 5.87. The molecule has 5 nitrogen and oxygen atoms in total. The highest BCUT2D eigenvalue weighted by atomic mass is 16.5. The van der Waals surface area contributed by atoms with E-state index in [1.54, 1.807) is 0 Å². The number of hydrogen-bond donors (Lipinski definition) is 1. The first-order valence-corrected chi connectivity index (χ1v) is 14.7. The topological polar surface area (TPSA) is 50.8 Å². The Morgan fingerprint density at radius 2 is 1.46 bits per heavy atom. The van der Waals surface area contributed by atoms with E-state index in [1.807, 2.05) is 6.07 Å². The van der Waals surface area contributed by atoms with Crippen LogP contribution in [0.3, 0.4) is 0 Å². The maximum atomic E-state index is 11.6. The summed E-state index contributed by atoms with van der Waals surface area (Å²) in [5.41, 5.74) is 7.02. The number of rotatable bonds is 10. The highest BCUT2D eigenvalue weighted by Crippen LogP contribution is 2.49. The lowest BCUT2D eigenvalue weighted by Gasteiger charge is -2.47. The van der Waals surface area contributed by atoms with Gasteiger partial charge in [0.25, 0.3) is 0 Å². The van der Waals surface area contributed by atoms with Crippen LogP contribution in [0.1, 0.15) is 53.2 Å². The number of aryl methyl sites for hydroxylation is 1. The first-order chi connectivity index (χ1) is 20.2. The van der Waals surface area contributed by atoms with Gasteiger partial charge in [0.2, 0.25) is 0 Å². The van der Waals surface area contributed by atoms with Crippen molar-refractivity contribution in [2.24, 2.45) is 5.41 Å². The molecule has 1 N–H and O–H groups in total. The van der Waals surface area contributed by atoms with Crippen molar-refractivity contribution < 1.29 is 14.3 Å². The monoisotopic (exact) mass is 546 g/mol. The van der Waals surface area contributed by atoms with E-state index in [-0.39, 0.29) is 17.6 Å². The van der Waals surface area contributed by atoms with E-state index in [0.29, 0.717) is 13.2 Å². The van der Waals surface area contributed by atoms with Gasteiger partial charge in [-0.2, -0.15) is 0 Å². The van der Waals surface area contributed by atoms with Crippen molar-refractivity contribution in [1.82, 2.24) is 4.90 Å². The van der Waals surface area contributed by atoms with Gasteiger partial charge >= 0.3 is 6.09 Å². The molecule has 2 heterocycles. The van der Waals surface area contributed by atoms with Crippen LogP contribution in [0.5, 0.6) is 0 Å². The van der Waals surface area contributed by atoms with E-state index in [1.165, 1.54) is 22.3 Å². The fraction of sp³-hybridized carbons (Fsp3) is 0.306. The summed E-state index contributed by atoms with van der Waals surface area (Å²) < 4.78 is 12.1. The number of nitrogens with zero attached hydrogens (tertiary/aromatic N) is 1. The number of ether oxygens (including phenoxy) is 2. The standard InChI is InChI=1S/C36H38N2O3/c39-35-37-33-17-16-30(24-32(33)27-41-35)25-38-22-20-36(21-23-38,19-18-28-10-4-1-5-11-28)34(31-14-8-3-9-15-31)40-26-29-12-6-2-7-13-29/h1-17,24,34H,18-23,25-27H2,(H,37,39). The van der Waals surface area contributed by atoms with Gasteiger partial charge in [-0.05, 0) is 73.2 Å². The van der Waals surface area contributed by atoms with Crippen LogP contribution < -0.4 is 5.32 Å². The lowest BCUT2D eigenvalue weighted by molar-refractivity contribution is -0.0865. The molecule has 0 radical (unpaired) electrons. The summed E-state index contributed by atoms with van der Waals surface area (Å²) in [5.74, 6) is 0. The minimum atomic E-state index is -0.379. The van der Waals surface area contributed by atoms with Gasteiger partial charge in [-0.1, -0.05) is 97.1 Å². The first-order valence-electron chi connectivity index (χ1n) is 14.7. The van der Waals surface area contributed by atoms with E-state index < -0.39 is 0 Å². The number of amides is 1. The van der Waals surface area contributed by atoms with E-state index in [9.17, 15) is 4.79 Å². The van der Waals surface area contributed by atoms with Crippen LogP contribution in [0.15, 0.2) is 109 Å². The smallest absolute Gasteiger partial charge is 0.411 e. The molecule has 1 saturated heterocycles. The number of nitrogens with one attached hydrogen (secondary N) is 1. The van der Waals surface area contributed by atoms with Crippen molar-refractivity contribution >= 4 is 11.8 Å². The predicted molar refractivity (Wildman–Crippen MR) is 162 cm³/mol. The third kappa shape index (κ3) is 6.70. The molecule has 0 bridgehead atoms. The van der Waals surface area contributed by atoms with Gasteiger partial charge in [0, 0.05) is 17.5 Å². The zero-order chi connectivity index (χ0) is 27.9. The number of hydrogen-bond acceptors (Lipinski definition) is 4. The molecule has 5 heteroatoms. The number of piperidine rings is 1. The van der Waals surface area contributed by atoms with E-state index >= 15 is 0 Å². The first kappa shape index (κ1) is 27.3. The van der Waals surface area contributed by atoms with Gasteiger partial charge in [-0.3, -0.25) is 10.2 Å². The summed E-state index contributed by atoms with van der Waals surface area (Å²) in [6.07, 6.45) is 3.89. The molecular weight excluding hydrogens is 508 g/mol. The van der Waals surface area contributed by atoms with E-state index in [2.05, 4.69) is 113 Å². The lowest BCUT2D eigenvalue weighted by Crippen LogP contribution is -2.44. The SMILES string of the molecule is O=C1Nc2ccc(CN3CCC(CCc4ccccc4)(C(OCc4ccccc4)c4ccccc4)CC3)cc2CO1. The zero-order valence-electron chi connectivity index (χ0n) is 23.5. The van der Waals surface area contributed by atoms with Crippen LogP contribution in [0, 0.1) is 5.41 Å². The summed E-state index contributed by atoms with van der Waals surface area (Å²) in [4.78, 5) is 14.1. The van der Waals surface area contributed by atoms with Crippen molar-refractivity contribution in [3.05, 3.63) is 137 Å². The summed E-state index contributed by atoms with van der Waals surface area (Å²) in [5, 5.41) is 2.79. The van der Waals surface area contributed by atoms with Gasteiger partial charge in [-0.25, -0.2) is 4.79 Å². The number of benzene rings is 4. The molecule has 2 aliphatic heterocycles. The third-order valence-electron chi connectivity index (χ3n) is 8.70. The number of cyclic esters (lactones) is 1. The van der Waals surface area contributed by atoms with E-state index in [0.717, 1.165) is 56.6 Å². The molecule has 0 aliphatic carbocycles. The summed E-state index contributed by atoms with van der Waals surface area (Å²) >= 11 is 0. The minimum Gasteiger partial charge on any atom is -0.444 e. The van der Waals surface area contributed by atoms with Crippen molar-refractivity contribution in [2.75, 3.05) is 18.4 Å². The lowest BCUT2D eigenvalue weighted by atomic mass is 9.68. The second kappa shape index (κ2) is 12.7. The van der Waals surface area contributed by atoms with Gasteiger partial charge < -0.3 is 9.47 Å². The fourth-order valence-electron chi connectivity index (χ4n) is 6.38. The highest BCUT2D eigenvalue weighted by Gasteiger charge is 2.42. The van der Waals surface area contributed by atoms with Crippen LogP contribution in [-0.2, 0) is 35.7 Å². The number of carbonyl (C=O) groups excluding carboxylic acids is 1. The van der Waals surface area contributed by atoms with Crippen LogP contribution in [-0.4, -0.2) is 24.1 Å². The van der Waals surface area contributed by atoms with Gasteiger partial charge in [0.05, 0.1) is 18.4 Å². The average Bonchev–Trinajstić information content (AvgIpc) is 3.03. The molecule has 4 aromatic rings. The van der Waals surface area contributed by atoms with Crippen LogP contribution >= 0.6 is 0 Å². The maximum absolute atomic E-state index is 11.6. The molecule has 0 aromatic heterocycles. The average molecular weight is 547 g/mol. The molecule has 1 atom stereocenters. The Morgan fingerprint density at radius 1 is 0.805 bits per heavy atom. The van der Waals surface area contributed by atoms with Crippen molar-refractivity contribution in [3.8, 4) is 0 Å². The molecule has 1 fully saturated rings. The predicted octanol–water partition coefficient (Wildman–Crippen LogP) is 7.92. The Labute approximate surface area is 243 Å². The maximum Gasteiger partial charge on any atom is 0.411 e. The normalized spacial score (nSPS) is 17.2. The molecule has 41 heavy (non-hydrogen) atoms. The number of likely N-dealkylation sites (tertiary alicyclic amines) is 1. The second-order valence-electron chi connectivity index (χ2n) is 11.4. The van der Waals surface area contributed by atoms with Gasteiger partial charge in [-0.15, -0.1) is 0 Å². The Balaban J connectivity index is 1.22. The molecule has 0 spiro atoms. The molecular formula is C36H38N2O3. The molecule has 210 valence electrons. The Hall–Kier alpha value is -3.93. The second-order valence-corrected chi connectivity index (χ2v) is 11.4. The Bertz CT molecular complexity index is 1420. The summed E-state index contributed by atoms with van der Waals surface area (Å²) in [7, 11) is 0. The minimum absolute atomic E-state index is 0.0132. The van der Waals surface area contributed by atoms with Crippen LogP contribution in [0.25, 0.3) is 0 Å². The zero-order valence-corrected chi connectivity index (χ0v) is 23.5. The molecule has 6 rings (SSSR count). The summed E-state index contributed by atoms with van der Waals surface area (Å²) in [6, 6.07) is 38.5. The Morgan fingerprint density at radius 3 is 2.17 bits per heavy atom. The number of carbonyl (C=O) groups is 1. The van der Waals surface area contributed by atoms with Crippen LogP contribution in [0.2, 0.25) is 0 Å². The fourth-order valence-corrected chi connectivity index (χ4v) is 6.38. The van der Waals surface area contributed by atoms with Crippen molar-refractivity contribution in [3.63, 3.8) is 0 Å². The van der Waals surface area contributed by atoms with Crippen molar-refractivity contribution in [1.29, 1.82) is 0 Å². The Kier molecular flexibility index (Phi) is 8.45. The molecule has 1 amide bonds.